The molecule has 2 aromatic carbocycles. The Kier molecular flexibility index (Phi) is 3.27. The molecule has 1 N–H and O–H groups in total. The minimum absolute atomic E-state index is 0.00802. The number of carbonyl (C=O) groups excluding carboxylic acids is 1. The Morgan fingerprint density at radius 3 is 2.42 bits per heavy atom. The Hall–Kier alpha value is -2.92. The molecule has 0 unspecified atom stereocenters. The maximum absolute atomic E-state index is 13.1. The van der Waals surface area contributed by atoms with E-state index < -0.39 is 0 Å². The van der Waals surface area contributed by atoms with E-state index >= 15 is 0 Å². The smallest absolute Gasteiger partial charge is 0.258 e. The van der Waals surface area contributed by atoms with Gasteiger partial charge in [-0.3, -0.25) is 9.59 Å². The van der Waals surface area contributed by atoms with Gasteiger partial charge in [0.2, 0.25) is 0 Å². The second-order valence-corrected chi connectivity index (χ2v) is 6.93. The quantitative estimate of drug-likeness (QED) is 0.574. The van der Waals surface area contributed by atoms with Gasteiger partial charge in [-0.2, -0.15) is 0 Å². The number of benzene rings is 2. The summed E-state index contributed by atoms with van der Waals surface area (Å²) in [7, 11) is 1.75. The third-order valence-corrected chi connectivity index (χ3v) is 5.52. The van der Waals surface area contributed by atoms with Crippen molar-refractivity contribution in [3.05, 3.63) is 63.9 Å². The number of piperazine rings is 1. The number of nitrogens with one attached hydrogen (secondary N) is 1. The maximum Gasteiger partial charge on any atom is 0.258 e. The van der Waals surface area contributed by atoms with Gasteiger partial charge in [0.1, 0.15) is 0 Å². The molecule has 0 bridgehead atoms. The monoisotopic (exact) mass is 345 g/mol. The number of aromatic nitrogens is 1. The van der Waals surface area contributed by atoms with Crippen LogP contribution in [-0.2, 0) is 7.05 Å². The molecule has 2 heterocycles. The van der Waals surface area contributed by atoms with E-state index in [1.54, 1.807) is 11.6 Å². The van der Waals surface area contributed by atoms with Gasteiger partial charge in [-0.05, 0) is 18.2 Å². The first-order valence-corrected chi connectivity index (χ1v) is 8.93. The third kappa shape index (κ3) is 2.01. The van der Waals surface area contributed by atoms with Crippen molar-refractivity contribution < 1.29 is 4.79 Å². The Balaban J connectivity index is 1.82. The van der Waals surface area contributed by atoms with E-state index in [9.17, 15) is 9.59 Å². The van der Waals surface area contributed by atoms with E-state index in [-0.39, 0.29) is 11.3 Å². The molecule has 5 rings (SSSR count). The van der Waals surface area contributed by atoms with Gasteiger partial charge in [0.25, 0.3) is 5.56 Å². The topological polar surface area (TPSA) is 54.3 Å². The molecule has 3 aromatic rings. The van der Waals surface area contributed by atoms with Crippen LogP contribution in [0.15, 0.2) is 47.3 Å². The van der Waals surface area contributed by atoms with E-state index in [0.717, 1.165) is 48.5 Å². The molecular formula is C21H19N3O2. The fourth-order valence-corrected chi connectivity index (χ4v) is 4.19. The molecule has 1 aromatic heterocycles. The fraction of sp³-hybridized carbons (Fsp3) is 0.238. The lowest BCUT2D eigenvalue weighted by Gasteiger charge is -2.29. The van der Waals surface area contributed by atoms with Crippen LogP contribution in [-0.4, -0.2) is 36.5 Å². The molecule has 5 heteroatoms. The SMILES string of the molecule is Cn1c2c(c3cc(N4CCNCC4)ccc3c1=O)C(=O)c1ccccc1-2. The Morgan fingerprint density at radius 1 is 0.923 bits per heavy atom. The predicted octanol–water partition coefficient (Wildman–Crippen LogP) is 2.16. The molecular weight excluding hydrogens is 326 g/mol. The van der Waals surface area contributed by atoms with Gasteiger partial charge in [0.15, 0.2) is 5.78 Å². The molecule has 1 fully saturated rings. The first-order chi connectivity index (χ1) is 12.7. The number of pyridine rings is 1. The molecule has 1 aliphatic carbocycles. The second-order valence-electron chi connectivity index (χ2n) is 6.93. The van der Waals surface area contributed by atoms with Gasteiger partial charge < -0.3 is 14.8 Å². The van der Waals surface area contributed by atoms with E-state index in [1.807, 2.05) is 42.5 Å². The summed E-state index contributed by atoms with van der Waals surface area (Å²) >= 11 is 0. The Bertz CT molecular complexity index is 1120. The van der Waals surface area contributed by atoms with Gasteiger partial charge in [0.05, 0.1) is 11.3 Å². The van der Waals surface area contributed by atoms with Gasteiger partial charge >= 0.3 is 0 Å². The number of carbonyl (C=O) groups is 1. The van der Waals surface area contributed by atoms with Crippen molar-refractivity contribution in [1.29, 1.82) is 0 Å². The fourth-order valence-electron chi connectivity index (χ4n) is 4.19. The van der Waals surface area contributed by atoms with Crippen LogP contribution in [0.25, 0.3) is 22.0 Å². The summed E-state index contributed by atoms with van der Waals surface area (Å²) < 4.78 is 1.62. The van der Waals surface area contributed by atoms with Crippen molar-refractivity contribution in [3.8, 4) is 11.3 Å². The number of rotatable bonds is 1. The minimum atomic E-state index is -0.0601. The van der Waals surface area contributed by atoms with Crippen LogP contribution in [0.2, 0.25) is 0 Å². The van der Waals surface area contributed by atoms with Gasteiger partial charge in [0, 0.05) is 60.8 Å². The largest absolute Gasteiger partial charge is 0.369 e. The zero-order chi connectivity index (χ0) is 17.8. The highest BCUT2D eigenvalue weighted by molar-refractivity contribution is 6.26. The van der Waals surface area contributed by atoms with E-state index in [4.69, 9.17) is 0 Å². The van der Waals surface area contributed by atoms with Crippen LogP contribution < -0.4 is 15.8 Å². The zero-order valence-electron chi connectivity index (χ0n) is 14.6. The average Bonchev–Trinajstić information content (AvgIpc) is 3.00. The minimum Gasteiger partial charge on any atom is -0.369 e. The zero-order valence-corrected chi connectivity index (χ0v) is 14.6. The van der Waals surface area contributed by atoms with Crippen LogP contribution in [0, 0.1) is 0 Å². The van der Waals surface area contributed by atoms with Crippen molar-refractivity contribution in [2.75, 3.05) is 31.1 Å². The summed E-state index contributed by atoms with van der Waals surface area (Å²) in [4.78, 5) is 28.3. The summed E-state index contributed by atoms with van der Waals surface area (Å²) in [6.07, 6.45) is 0. The van der Waals surface area contributed by atoms with Crippen molar-refractivity contribution in [3.63, 3.8) is 0 Å². The summed E-state index contributed by atoms with van der Waals surface area (Å²) in [5, 5.41) is 4.72. The van der Waals surface area contributed by atoms with Crippen LogP contribution in [0.4, 0.5) is 5.69 Å². The molecule has 0 amide bonds. The van der Waals surface area contributed by atoms with Crippen molar-refractivity contribution >= 4 is 22.2 Å². The number of hydrogen-bond donors (Lipinski definition) is 1. The molecule has 5 nitrogen and oxygen atoms in total. The number of anilines is 1. The summed E-state index contributed by atoms with van der Waals surface area (Å²) in [6, 6.07) is 13.4. The van der Waals surface area contributed by atoms with Crippen molar-refractivity contribution in [2.24, 2.45) is 7.05 Å². The van der Waals surface area contributed by atoms with E-state index in [1.165, 1.54) is 0 Å². The number of nitrogens with zero attached hydrogens (tertiary/aromatic N) is 2. The predicted molar refractivity (Wildman–Crippen MR) is 103 cm³/mol. The lowest BCUT2D eigenvalue weighted by atomic mass is 10.0. The van der Waals surface area contributed by atoms with E-state index in [0.29, 0.717) is 16.5 Å². The molecule has 0 spiro atoms. The summed E-state index contributed by atoms with van der Waals surface area (Å²) in [5.41, 5.74) is 3.92. The Morgan fingerprint density at radius 2 is 1.65 bits per heavy atom. The molecule has 26 heavy (non-hydrogen) atoms. The van der Waals surface area contributed by atoms with Gasteiger partial charge in [-0.25, -0.2) is 0 Å². The van der Waals surface area contributed by atoms with Crippen LogP contribution >= 0.6 is 0 Å². The highest BCUT2D eigenvalue weighted by atomic mass is 16.1. The number of hydrogen-bond acceptors (Lipinski definition) is 4. The molecule has 0 atom stereocenters. The Labute approximate surface area is 150 Å². The number of ketones is 1. The normalized spacial score (nSPS) is 16.0. The molecule has 1 saturated heterocycles. The molecule has 2 aliphatic rings. The lowest BCUT2D eigenvalue weighted by molar-refractivity contribution is 0.104. The molecule has 0 radical (unpaired) electrons. The summed E-state index contributed by atoms with van der Waals surface area (Å²) in [6.45, 7) is 3.73. The van der Waals surface area contributed by atoms with Crippen molar-refractivity contribution in [1.82, 2.24) is 9.88 Å². The molecule has 1 aliphatic heterocycles. The lowest BCUT2D eigenvalue weighted by Crippen LogP contribution is -2.43. The second kappa shape index (κ2) is 5.54. The highest BCUT2D eigenvalue weighted by Gasteiger charge is 2.31. The molecule has 130 valence electrons. The standard InChI is InChI=1S/C21H19N3O2/c1-23-19-14-4-2-3-5-15(14)20(25)18(19)17-12-13(6-7-16(17)21(23)26)24-10-8-22-9-11-24/h2-7,12,22H,8-11H2,1H3. The highest BCUT2D eigenvalue weighted by Crippen LogP contribution is 2.39. The summed E-state index contributed by atoms with van der Waals surface area (Å²) in [5.74, 6) is 0.00802. The number of fused-ring (bicyclic) bond motifs is 5. The first kappa shape index (κ1) is 15.3. The van der Waals surface area contributed by atoms with Crippen LogP contribution in [0.1, 0.15) is 15.9 Å². The van der Waals surface area contributed by atoms with Crippen LogP contribution in [0.5, 0.6) is 0 Å². The maximum atomic E-state index is 13.1. The van der Waals surface area contributed by atoms with E-state index in [2.05, 4.69) is 10.2 Å². The van der Waals surface area contributed by atoms with Gasteiger partial charge in [-0.1, -0.05) is 24.3 Å². The average molecular weight is 345 g/mol. The van der Waals surface area contributed by atoms with Crippen LogP contribution in [0.3, 0.4) is 0 Å². The first-order valence-electron chi connectivity index (χ1n) is 8.93. The van der Waals surface area contributed by atoms with Crippen molar-refractivity contribution in [2.45, 2.75) is 0 Å². The van der Waals surface area contributed by atoms with Gasteiger partial charge in [-0.15, -0.1) is 0 Å². The third-order valence-electron chi connectivity index (χ3n) is 5.52. The molecule has 0 saturated carbocycles.